The molecule has 1 unspecified atom stereocenters. The molecule has 0 amide bonds. The maximum absolute atomic E-state index is 9.27. The number of hydrogen-bond acceptors (Lipinski definition) is 2. The Morgan fingerprint density at radius 1 is 1.64 bits per heavy atom. The molecule has 1 heterocycles. The molecule has 0 saturated carbocycles. The molecule has 0 aliphatic heterocycles. The lowest BCUT2D eigenvalue weighted by molar-refractivity contribution is 0.193. The first-order chi connectivity index (χ1) is 5.25. The van der Waals surface area contributed by atoms with Gasteiger partial charge in [-0.2, -0.15) is 0 Å². The van der Waals surface area contributed by atoms with Crippen molar-refractivity contribution in [2.45, 2.75) is 26.4 Å². The first kappa shape index (κ1) is 8.21. The van der Waals surface area contributed by atoms with Crippen LogP contribution in [0.5, 0.6) is 0 Å². The Labute approximate surface area is 66.9 Å². The number of aliphatic hydroxyl groups is 1. The van der Waals surface area contributed by atoms with E-state index >= 15 is 0 Å². The molecule has 1 aromatic heterocycles. The van der Waals surface area contributed by atoms with Crippen LogP contribution < -0.4 is 0 Å². The van der Waals surface area contributed by atoms with E-state index in [0.29, 0.717) is 0 Å². The predicted molar refractivity (Wildman–Crippen MR) is 44.2 cm³/mol. The highest BCUT2D eigenvalue weighted by Crippen LogP contribution is 2.14. The topological polar surface area (TPSA) is 33.1 Å². The van der Waals surface area contributed by atoms with Gasteiger partial charge in [0.1, 0.15) is 0 Å². The van der Waals surface area contributed by atoms with Crippen LogP contribution in [0.1, 0.15) is 31.2 Å². The van der Waals surface area contributed by atoms with Gasteiger partial charge in [-0.15, -0.1) is 0 Å². The van der Waals surface area contributed by atoms with Crippen molar-refractivity contribution in [1.29, 1.82) is 0 Å². The SMILES string of the molecule is CCc1cccnc1C(C)O. The van der Waals surface area contributed by atoms with Gasteiger partial charge in [0.15, 0.2) is 0 Å². The second-order valence-electron chi connectivity index (χ2n) is 2.58. The molecule has 0 bridgehead atoms. The maximum atomic E-state index is 9.27. The smallest absolute Gasteiger partial charge is 0.0934 e. The van der Waals surface area contributed by atoms with E-state index in [0.717, 1.165) is 17.7 Å². The van der Waals surface area contributed by atoms with Crippen molar-refractivity contribution in [2.75, 3.05) is 0 Å². The summed E-state index contributed by atoms with van der Waals surface area (Å²) in [5.41, 5.74) is 1.93. The van der Waals surface area contributed by atoms with E-state index in [1.165, 1.54) is 0 Å². The minimum atomic E-state index is -0.453. The van der Waals surface area contributed by atoms with E-state index in [1.54, 1.807) is 13.1 Å². The molecule has 0 saturated heterocycles. The molecule has 60 valence electrons. The molecule has 0 spiro atoms. The summed E-state index contributed by atoms with van der Waals surface area (Å²) in [5, 5.41) is 9.27. The molecule has 2 nitrogen and oxygen atoms in total. The van der Waals surface area contributed by atoms with Crippen LogP contribution in [0.4, 0.5) is 0 Å². The van der Waals surface area contributed by atoms with Gasteiger partial charge in [0.2, 0.25) is 0 Å². The number of nitrogens with zero attached hydrogens (tertiary/aromatic N) is 1. The molecule has 2 heteroatoms. The summed E-state index contributed by atoms with van der Waals surface area (Å²) in [6.45, 7) is 3.80. The van der Waals surface area contributed by atoms with E-state index in [1.807, 2.05) is 12.1 Å². The van der Waals surface area contributed by atoms with E-state index in [-0.39, 0.29) is 0 Å². The van der Waals surface area contributed by atoms with Crippen molar-refractivity contribution in [3.8, 4) is 0 Å². The second-order valence-corrected chi connectivity index (χ2v) is 2.58. The van der Waals surface area contributed by atoms with Gasteiger partial charge in [0.25, 0.3) is 0 Å². The van der Waals surface area contributed by atoms with Crippen molar-refractivity contribution in [3.63, 3.8) is 0 Å². The molecule has 1 aromatic rings. The van der Waals surface area contributed by atoms with E-state index in [2.05, 4.69) is 11.9 Å². The van der Waals surface area contributed by atoms with Gasteiger partial charge in [-0.05, 0) is 25.0 Å². The number of aryl methyl sites for hydroxylation is 1. The fraction of sp³-hybridized carbons (Fsp3) is 0.444. The highest BCUT2D eigenvalue weighted by molar-refractivity contribution is 5.20. The van der Waals surface area contributed by atoms with E-state index < -0.39 is 6.10 Å². The van der Waals surface area contributed by atoms with Gasteiger partial charge in [0.05, 0.1) is 11.8 Å². The summed E-state index contributed by atoms with van der Waals surface area (Å²) in [4.78, 5) is 4.10. The standard InChI is InChI=1S/C9H13NO/c1-3-8-5-4-6-10-9(8)7(2)11/h4-7,11H,3H2,1-2H3. The summed E-state index contributed by atoms with van der Waals surface area (Å²) in [6.07, 6.45) is 2.18. The Bertz CT molecular complexity index is 233. The van der Waals surface area contributed by atoms with Gasteiger partial charge in [0, 0.05) is 6.20 Å². The minimum Gasteiger partial charge on any atom is -0.387 e. The zero-order valence-corrected chi connectivity index (χ0v) is 6.91. The van der Waals surface area contributed by atoms with Gasteiger partial charge < -0.3 is 5.11 Å². The van der Waals surface area contributed by atoms with Crippen LogP contribution >= 0.6 is 0 Å². The van der Waals surface area contributed by atoms with Crippen molar-refractivity contribution in [2.24, 2.45) is 0 Å². The van der Waals surface area contributed by atoms with Crippen LogP contribution in [0, 0.1) is 0 Å². The minimum absolute atomic E-state index is 0.453. The highest BCUT2D eigenvalue weighted by Gasteiger charge is 2.05. The Balaban J connectivity index is 3.02. The Morgan fingerprint density at radius 2 is 2.36 bits per heavy atom. The van der Waals surface area contributed by atoms with E-state index in [4.69, 9.17) is 0 Å². The fourth-order valence-corrected chi connectivity index (χ4v) is 1.13. The Kier molecular flexibility index (Phi) is 2.60. The van der Waals surface area contributed by atoms with Gasteiger partial charge >= 0.3 is 0 Å². The summed E-state index contributed by atoms with van der Waals surface area (Å²) in [7, 11) is 0. The van der Waals surface area contributed by atoms with Crippen LogP contribution in [0.3, 0.4) is 0 Å². The van der Waals surface area contributed by atoms with Crippen LogP contribution in [-0.2, 0) is 6.42 Å². The van der Waals surface area contributed by atoms with Crippen molar-refractivity contribution < 1.29 is 5.11 Å². The molecule has 1 atom stereocenters. The monoisotopic (exact) mass is 151 g/mol. The molecule has 1 rings (SSSR count). The normalized spacial score (nSPS) is 13.0. The lowest BCUT2D eigenvalue weighted by Crippen LogP contribution is -1.99. The summed E-state index contributed by atoms with van der Waals surface area (Å²) >= 11 is 0. The number of pyridine rings is 1. The average Bonchev–Trinajstić information content (AvgIpc) is 2.04. The largest absolute Gasteiger partial charge is 0.387 e. The molecular formula is C9H13NO. The van der Waals surface area contributed by atoms with Crippen molar-refractivity contribution in [3.05, 3.63) is 29.6 Å². The summed E-state index contributed by atoms with van der Waals surface area (Å²) in [5.74, 6) is 0. The van der Waals surface area contributed by atoms with Gasteiger partial charge in [-0.3, -0.25) is 4.98 Å². The highest BCUT2D eigenvalue weighted by atomic mass is 16.3. The third-order valence-corrected chi connectivity index (χ3v) is 1.70. The van der Waals surface area contributed by atoms with Gasteiger partial charge in [-0.25, -0.2) is 0 Å². The lowest BCUT2D eigenvalue weighted by atomic mass is 10.1. The molecule has 11 heavy (non-hydrogen) atoms. The molecule has 0 aliphatic rings. The fourth-order valence-electron chi connectivity index (χ4n) is 1.13. The summed E-state index contributed by atoms with van der Waals surface area (Å²) in [6, 6.07) is 3.89. The third kappa shape index (κ3) is 1.77. The average molecular weight is 151 g/mol. The number of aliphatic hydroxyl groups excluding tert-OH is 1. The molecule has 1 N–H and O–H groups in total. The van der Waals surface area contributed by atoms with Crippen molar-refractivity contribution in [1.82, 2.24) is 4.98 Å². The number of rotatable bonds is 2. The Hall–Kier alpha value is -0.890. The third-order valence-electron chi connectivity index (χ3n) is 1.70. The van der Waals surface area contributed by atoms with Crippen LogP contribution in [-0.4, -0.2) is 10.1 Å². The molecule has 0 radical (unpaired) electrons. The summed E-state index contributed by atoms with van der Waals surface area (Å²) < 4.78 is 0. The zero-order chi connectivity index (χ0) is 8.27. The predicted octanol–water partition coefficient (Wildman–Crippen LogP) is 1.70. The van der Waals surface area contributed by atoms with E-state index in [9.17, 15) is 5.11 Å². The second kappa shape index (κ2) is 3.49. The maximum Gasteiger partial charge on any atom is 0.0934 e. The van der Waals surface area contributed by atoms with Crippen molar-refractivity contribution >= 4 is 0 Å². The quantitative estimate of drug-likeness (QED) is 0.697. The number of aromatic nitrogens is 1. The Morgan fingerprint density at radius 3 is 2.82 bits per heavy atom. The first-order valence-electron chi connectivity index (χ1n) is 3.87. The van der Waals surface area contributed by atoms with Crippen LogP contribution in [0.25, 0.3) is 0 Å². The molecule has 0 aliphatic carbocycles. The molecular weight excluding hydrogens is 138 g/mol. The first-order valence-corrected chi connectivity index (χ1v) is 3.87. The zero-order valence-electron chi connectivity index (χ0n) is 6.91. The lowest BCUT2D eigenvalue weighted by Gasteiger charge is -2.07. The van der Waals surface area contributed by atoms with Gasteiger partial charge in [-0.1, -0.05) is 13.0 Å². The van der Waals surface area contributed by atoms with Crippen LogP contribution in [0.2, 0.25) is 0 Å². The molecule has 0 fully saturated rings. The van der Waals surface area contributed by atoms with Crippen LogP contribution in [0.15, 0.2) is 18.3 Å². The number of hydrogen-bond donors (Lipinski definition) is 1. The molecule has 0 aromatic carbocycles.